The summed E-state index contributed by atoms with van der Waals surface area (Å²) in [6.45, 7) is 8.39. The highest BCUT2D eigenvalue weighted by Crippen LogP contribution is 2.35. The molecule has 0 spiro atoms. The maximum atomic E-state index is 12.4. The molecule has 0 fully saturated rings. The van der Waals surface area contributed by atoms with E-state index in [1.54, 1.807) is 37.3 Å². The van der Waals surface area contributed by atoms with Crippen molar-refractivity contribution in [2.45, 2.75) is 40.0 Å². The first kappa shape index (κ1) is 31.6. The van der Waals surface area contributed by atoms with Gasteiger partial charge in [0.2, 0.25) is 0 Å². The molecule has 1 aliphatic heterocycles. The molecule has 0 saturated heterocycles. The molecule has 2 aromatic carbocycles. The van der Waals surface area contributed by atoms with E-state index in [0.717, 1.165) is 4.47 Å². The van der Waals surface area contributed by atoms with Gasteiger partial charge in [-0.3, -0.25) is 5.43 Å². The average molecular weight is 636 g/mol. The second kappa shape index (κ2) is 15.1. The molecular weight excluding hydrogens is 600 g/mol. The molecular formula is C28H35BrN4O8. The van der Waals surface area contributed by atoms with Crippen molar-refractivity contribution < 1.29 is 38.4 Å². The zero-order chi connectivity index (χ0) is 29.9. The number of ether oxygens (including phenoxy) is 5. The van der Waals surface area contributed by atoms with Crippen LogP contribution in [0.3, 0.4) is 0 Å². The molecule has 41 heavy (non-hydrogen) atoms. The number of aliphatic hydroxyl groups excluding tert-OH is 1. The van der Waals surface area contributed by atoms with Gasteiger partial charge in [-0.15, -0.1) is 0 Å². The van der Waals surface area contributed by atoms with Gasteiger partial charge < -0.3 is 39.4 Å². The number of carbonyl (C=O) groups excluding carboxylic acids is 2. The maximum absolute atomic E-state index is 12.4. The average Bonchev–Trinajstić information content (AvgIpc) is 2.94. The van der Waals surface area contributed by atoms with Crippen molar-refractivity contribution in [1.29, 1.82) is 0 Å². The Balaban J connectivity index is 1.70. The predicted molar refractivity (Wildman–Crippen MR) is 155 cm³/mol. The summed E-state index contributed by atoms with van der Waals surface area (Å²) in [5.41, 5.74) is 4.59. The minimum Gasteiger partial charge on any atom is -0.490 e. The Hall–Kier alpha value is -3.97. The van der Waals surface area contributed by atoms with E-state index >= 15 is 0 Å². The van der Waals surface area contributed by atoms with Crippen molar-refractivity contribution in [3.8, 4) is 23.0 Å². The van der Waals surface area contributed by atoms with Gasteiger partial charge >= 0.3 is 12.0 Å². The summed E-state index contributed by atoms with van der Waals surface area (Å²) in [7, 11) is 1.27. The van der Waals surface area contributed by atoms with Gasteiger partial charge in [-0.2, -0.15) is 5.10 Å². The number of hydrogen-bond acceptors (Lipinski definition) is 10. The van der Waals surface area contributed by atoms with Gasteiger partial charge in [0.25, 0.3) is 0 Å². The van der Waals surface area contributed by atoms with E-state index in [4.69, 9.17) is 23.7 Å². The quantitative estimate of drug-likeness (QED) is 0.105. The van der Waals surface area contributed by atoms with Crippen LogP contribution in [0.4, 0.5) is 4.79 Å². The van der Waals surface area contributed by atoms with Gasteiger partial charge in [-0.1, -0.05) is 6.07 Å². The molecule has 1 aliphatic rings. The van der Waals surface area contributed by atoms with Crippen molar-refractivity contribution in [1.82, 2.24) is 16.1 Å². The van der Waals surface area contributed by atoms with Crippen LogP contribution in [0.5, 0.6) is 23.0 Å². The number of nitrogens with one attached hydrogen (secondary N) is 3. The normalized spacial score (nSPS) is 15.6. The van der Waals surface area contributed by atoms with Gasteiger partial charge in [0.15, 0.2) is 29.2 Å². The standard InChI is InChI=1S/C28H35BrN4O8/c1-6-38-21-11-17(26-25(27(35)37-5)16(4)31-28(36)32-26)9-10-20(21)41-15-24(34)33-30-14-18-12-22(39-7-2)23(40-8-3)13-19(18)29/h9-14,24,26,33-34H,6-8,15H2,1-5H3,(H2,31,32,36)/b30-14-/t24-,26+/m0/s1. The maximum Gasteiger partial charge on any atom is 0.337 e. The molecule has 3 rings (SSSR count). The number of allylic oxidation sites excluding steroid dienone is 1. The molecule has 2 atom stereocenters. The highest BCUT2D eigenvalue weighted by molar-refractivity contribution is 9.10. The fraction of sp³-hybridized carbons (Fsp3) is 0.393. The van der Waals surface area contributed by atoms with Gasteiger partial charge in [-0.25, -0.2) is 9.59 Å². The second-order valence-electron chi connectivity index (χ2n) is 8.60. The third-order valence-corrected chi connectivity index (χ3v) is 6.45. The Labute approximate surface area is 247 Å². The predicted octanol–water partition coefficient (Wildman–Crippen LogP) is 3.77. The number of carbonyl (C=O) groups is 2. The third-order valence-electron chi connectivity index (χ3n) is 5.76. The number of esters is 1. The fourth-order valence-corrected chi connectivity index (χ4v) is 4.43. The van der Waals surface area contributed by atoms with Crippen LogP contribution in [-0.2, 0) is 9.53 Å². The summed E-state index contributed by atoms with van der Waals surface area (Å²) in [6, 6.07) is 7.39. The van der Waals surface area contributed by atoms with E-state index in [2.05, 4.69) is 37.1 Å². The third kappa shape index (κ3) is 8.27. The van der Waals surface area contributed by atoms with E-state index in [0.29, 0.717) is 59.6 Å². The van der Waals surface area contributed by atoms with Crippen LogP contribution in [0, 0.1) is 0 Å². The van der Waals surface area contributed by atoms with Crippen molar-refractivity contribution in [2.75, 3.05) is 33.5 Å². The molecule has 0 aromatic heterocycles. The number of aliphatic hydroxyl groups is 1. The van der Waals surface area contributed by atoms with Gasteiger partial charge in [0.1, 0.15) is 6.61 Å². The summed E-state index contributed by atoms with van der Waals surface area (Å²) < 4.78 is 28.5. The molecule has 222 valence electrons. The summed E-state index contributed by atoms with van der Waals surface area (Å²) in [5.74, 6) is 1.36. The van der Waals surface area contributed by atoms with Crippen LogP contribution in [0.2, 0.25) is 0 Å². The topological polar surface area (TPSA) is 149 Å². The highest BCUT2D eigenvalue weighted by atomic mass is 79.9. The lowest BCUT2D eigenvalue weighted by atomic mass is 9.95. The Morgan fingerprint density at radius 1 is 1.05 bits per heavy atom. The fourth-order valence-electron chi connectivity index (χ4n) is 4.00. The van der Waals surface area contributed by atoms with Crippen LogP contribution in [0.15, 0.2) is 51.2 Å². The number of amides is 2. The Morgan fingerprint density at radius 2 is 1.68 bits per heavy atom. The summed E-state index contributed by atoms with van der Waals surface area (Å²) in [5, 5.41) is 19.9. The smallest absolute Gasteiger partial charge is 0.337 e. The highest BCUT2D eigenvalue weighted by Gasteiger charge is 2.32. The molecule has 0 saturated carbocycles. The first-order valence-corrected chi connectivity index (χ1v) is 13.8. The molecule has 0 unspecified atom stereocenters. The van der Waals surface area contributed by atoms with Crippen LogP contribution in [0.25, 0.3) is 0 Å². The van der Waals surface area contributed by atoms with Crippen molar-refractivity contribution in [2.24, 2.45) is 5.10 Å². The molecule has 0 aliphatic carbocycles. The summed E-state index contributed by atoms with van der Waals surface area (Å²) in [6.07, 6.45) is 0.390. The Kier molecular flexibility index (Phi) is 11.7. The molecule has 2 aromatic rings. The lowest BCUT2D eigenvalue weighted by Crippen LogP contribution is -2.45. The van der Waals surface area contributed by atoms with Crippen LogP contribution in [-0.4, -0.2) is 63.1 Å². The molecule has 2 amide bonds. The molecule has 0 bridgehead atoms. The first-order valence-electron chi connectivity index (χ1n) is 13.0. The van der Waals surface area contributed by atoms with Gasteiger partial charge in [0, 0.05) is 15.7 Å². The van der Waals surface area contributed by atoms with E-state index in [1.807, 2.05) is 20.8 Å². The number of urea groups is 1. The molecule has 0 radical (unpaired) electrons. The molecule has 4 N–H and O–H groups in total. The zero-order valence-corrected chi connectivity index (χ0v) is 25.2. The van der Waals surface area contributed by atoms with Gasteiger partial charge in [0.05, 0.1) is 44.8 Å². The minimum atomic E-state index is -1.14. The SMILES string of the molecule is CCOc1cc(Br)c(/C=N\N[C@@H](O)COc2ccc([C@H]3NC(=O)NC(C)=C3C(=O)OC)cc2OCC)cc1OCC. The monoisotopic (exact) mass is 634 g/mol. The van der Waals surface area contributed by atoms with Crippen molar-refractivity contribution >= 4 is 34.1 Å². The number of benzene rings is 2. The number of halogens is 1. The number of hydrogen-bond donors (Lipinski definition) is 4. The minimum absolute atomic E-state index is 0.151. The van der Waals surface area contributed by atoms with Crippen molar-refractivity contribution in [3.63, 3.8) is 0 Å². The summed E-state index contributed by atoms with van der Waals surface area (Å²) in [4.78, 5) is 24.5. The largest absolute Gasteiger partial charge is 0.490 e. The second-order valence-corrected chi connectivity index (χ2v) is 9.46. The molecule has 1 heterocycles. The number of nitrogens with zero attached hydrogens (tertiary/aromatic N) is 1. The first-order chi connectivity index (χ1) is 19.7. The Bertz CT molecular complexity index is 1300. The molecule has 12 nitrogen and oxygen atoms in total. The van der Waals surface area contributed by atoms with Crippen LogP contribution < -0.4 is 35.0 Å². The number of rotatable bonds is 14. The number of hydrazone groups is 1. The van der Waals surface area contributed by atoms with E-state index < -0.39 is 24.3 Å². The molecule has 13 heteroatoms. The van der Waals surface area contributed by atoms with Gasteiger partial charge in [-0.05, 0) is 73.5 Å². The van der Waals surface area contributed by atoms with E-state index in [1.165, 1.54) is 13.3 Å². The lowest BCUT2D eigenvalue weighted by molar-refractivity contribution is -0.136. The Morgan fingerprint density at radius 3 is 2.32 bits per heavy atom. The van der Waals surface area contributed by atoms with Crippen LogP contribution >= 0.6 is 15.9 Å². The van der Waals surface area contributed by atoms with E-state index in [-0.39, 0.29) is 12.2 Å². The zero-order valence-electron chi connectivity index (χ0n) is 23.6. The van der Waals surface area contributed by atoms with Crippen LogP contribution in [0.1, 0.15) is 44.9 Å². The number of methoxy groups -OCH3 is 1. The van der Waals surface area contributed by atoms with E-state index in [9.17, 15) is 14.7 Å². The van der Waals surface area contributed by atoms with Crippen molar-refractivity contribution in [3.05, 3.63) is 57.2 Å². The lowest BCUT2D eigenvalue weighted by Gasteiger charge is -2.28. The summed E-state index contributed by atoms with van der Waals surface area (Å²) >= 11 is 3.50.